The minimum atomic E-state index is -0.203. The molecule has 0 atom stereocenters. The molecule has 4 heteroatoms. The zero-order chi connectivity index (χ0) is 16.7. The van der Waals surface area contributed by atoms with Crippen LogP contribution in [0.1, 0.15) is 15.9 Å². The molecular weight excluding hydrogens is 316 g/mol. The van der Waals surface area contributed by atoms with Gasteiger partial charge in [-0.1, -0.05) is 53.8 Å². The molecule has 0 aliphatic heterocycles. The number of amides is 1. The summed E-state index contributed by atoms with van der Waals surface area (Å²) in [5.74, 6) is -0.203. The number of carbonyl (C=O) groups is 1. The number of hydrogen-bond donors (Lipinski definition) is 0. The Morgan fingerprint density at radius 2 is 1.83 bits per heavy atom. The van der Waals surface area contributed by atoms with Crippen LogP contribution in [-0.2, 0) is 7.05 Å². The number of benzene rings is 3. The first-order chi connectivity index (χ1) is 11.6. The predicted octanol–water partition coefficient (Wildman–Crippen LogP) is 4.44. The van der Waals surface area contributed by atoms with Gasteiger partial charge in [0.15, 0.2) is 4.80 Å². The molecule has 0 unspecified atom stereocenters. The predicted molar refractivity (Wildman–Crippen MR) is 99.4 cm³/mol. The summed E-state index contributed by atoms with van der Waals surface area (Å²) in [4.78, 5) is 17.9. The number of fused-ring (bicyclic) bond motifs is 2. The average molecular weight is 332 g/mol. The highest BCUT2D eigenvalue weighted by Crippen LogP contribution is 2.20. The molecule has 4 aromatic rings. The molecule has 0 fully saturated rings. The molecular formula is C20H16N2OS. The van der Waals surface area contributed by atoms with Gasteiger partial charge in [0.1, 0.15) is 0 Å². The van der Waals surface area contributed by atoms with Crippen LogP contribution in [0.3, 0.4) is 0 Å². The molecule has 24 heavy (non-hydrogen) atoms. The van der Waals surface area contributed by atoms with Gasteiger partial charge in [0.2, 0.25) is 0 Å². The smallest absolute Gasteiger partial charge is 0.280 e. The van der Waals surface area contributed by atoms with Crippen molar-refractivity contribution in [2.75, 3.05) is 0 Å². The number of rotatable bonds is 1. The van der Waals surface area contributed by atoms with Gasteiger partial charge in [0.05, 0.1) is 10.2 Å². The number of aryl methyl sites for hydroxylation is 2. The Labute approximate surface area is 143 Å². The first kappa shape index (κ1) is 14.8. The molecule has 1 heterocycles. The van der Waals surface area contributed by atoms with E-state index >= 15 is 0 Å². The zero-order valence-corrected chi connectivity index (χ0v) is 14.3. The van der Waals surface area contributed by atoms with Gasteiger partial charge < -0.3 is 4.57 Å². The molecule has 0 N–H and O–H groups in total. The van der Waals surface area contributed by atoms with E-state index in [0.29, 0.717) is 10.4 Å². The van der Waals surface area contributed by atoms with Gasteiger partial charge >= 0.3 is 0 Å². The Balaban J connectivity index is 1.89. The first-order valence-electron chi connectivity index (χ1n) is 7.76. The third kappa shape index (κ3) is 2.45. The van der Waals surface area contributed by atoms with Gasteiger partial charge in [-0.05, 0) is 41.5 Å². The fraction of sp³-hybridized carbons (Fsp3) is 0.100. The normalized spacial score (nSPS) is 12.2. The van der Waals surface area contributed by atoms with Crippen molar-refractivity contribution in [3.8, 4) is 0 Å². The quantitative estimate of drug-likeness (QED) is 0.507. The molecule has 0 saturated heterocycles. The van der Waals surface area contributed by atoms with Crippen LogP contribution < -0.4 is 4.80 Å². The lowest BCUT2D eigenvalue weighted by molar-refractivity contribution is 0.0999. The van der Waals surface area contributed by atoms with Crippen LogP contribution in [0.15, 0.2) is 65.7 Å². The van der Waals surface area contributed by atoms with Gasteiger partial charge in [-0.15, -0.1) is 0 Å². The van der Waals surface area contributed by atoms with Crippen molar-refractivity contribution in [3.05, 3.63) is 76.6 Å². The van der Waals surface area contributed by atoms with E-state index in [1.165, 1.54) is 5.56 Å². The summed E-state index contributed by atoms with van der Waals surface area (Å²) < 4.78 is 3.12. The highest BCUT2D eigenvalue weighted by atomic mass is 32.1. The van der Waals surface area contributed by atoms with E-state index < -0.39 is 0 Å². The molecule has 0 bridgehead atoms. The Morgan fingerprint density at radius 1 is 1.04 bits per heavy atom. The fourth-order valence-corrected chi connectivity index (χ4v) is 4.02. The highest BCUT2D eigenvalue weighted by Gasteiger charge is 2.10. The Morgan fingerprint density at radius 3 is 2.71 bits per heavy atom. The third-order valence-electron chi connectivity index (χ3n) is 4.18. The Bertz CT molecular complexity index is 1150. The molecule has 4 rings (SSSR count). The third-order valence-corrected chi connectivity index (χ3v) is 5.28. The van der Waals surface area contributed by atoms with Crippen LogP contribution in [0.2, 0.25) is 0 Å². The van der Waals surface area contributed by atoms with Crippen molar-refractivity contribution < 1.29 is 4.79 Å². The second kappa shape index (κ2) is 5.73. The van der Waals surface area contributed by atoms with E-state index in [2.05, 4.69) is 30.1 Å². The van der Waals surface area contributed by atoms with E-state index in [0.717, 1.165) is 21.0 Å². The summed E-state index contributed by atoms with van der Waals surface area (Å²) in [6.45, 7) is 2.07. The zero-order valence-electron chi connectivity index (χ0n) is 13.5. The molecule has 118 valence electrons. The van der Waals surface area contributed by atoms with E-state index in [1.54, 1.807) is 11.3 Å². The van der Waals surface area contributed by atoms with Crippen LogP contribution in [0.5, 0.6) is 0 Å². The molecule has 0 radical (unpaired) electrons. The van der Waals surface area contributed by atoms with Crippen molar-refractivity contribution in [1.82, 2.24) is 4.57 Å². The molecule has 0 aliphatic rings. The van der Waals surface area contributed by atoms with Crippen LogP contribution in [-0.4, -0.2) is 10.5 Å². The van der Waals surface area contributed by atoms with E-state index in [9.17, 15) is 4.79 Å². The van der Waals surface area contributed by atoms with Crippen molar-refractivity contribution in [1.29, 1.82) is 0 Å². The molecule has 0 aliphatic carbocycles. The fourth-order valence-electron chi connectivity index (χ4n) is 2.91. The maximum atomic E-state index is 12.8. The molecule has 1 amide bonds. The van der Waals surface area contributed by atoms with Crippen LogP contribution in [0.25, 0.3) is 21.0 Å². The Hall–Kier alpha value is -2.72. The SMILES string of the molecule is Cc1ccc2c(c1)sc(=NC(=O)c1cccc3ccccc13)n2C. The standard InChI is InChI=1S/C20H16N2OS/c1-13-10-11-17-18(12-13)24-20(22(17)2)21-19(23)16-9-5-7-14-6-3-4-8-15(14)16/h3-12H,1-2H3. The van der Waals surface area contributed by atoms with E-state index in [1.807, 2.05) is 54.1 Å². The van der Waals surface area contributed by atoms with Gasteiger partial charge in [0.25, 0.3) is 5.91 Å². The number of hydrogen-bond acceptors (Lipinski definition) is 2. The van der Waals surface area contributed by atoms with Crippen LogP contribution in [0.4, 0.5) is 0 Å². The van der Waals surface area contributed by atoms with Gasteiger partial charge in [0, 0.05) is 12.6 Å². The average Bonchev–Trinajstić information content (AvgIpc) is 2.89. The van der Waals surface area contributed by atoms with E-state index in [4.69, 9.17) is 0 Å². The lowest BCUT2D eigenvalue weighted by atomic mass is 10.0. The van der Waals surface area contributed by atoms with Crippen LogP contribution >= 0.6 is 11.3 Å². The molecule has 1 aromatic heterocycles. The number of nitrogens with zero attached hydrogens (tertiary/aromatic N) is 2. The summed E-state index contributed by atoms with van der Waals surface area (Å²) in [5, 5.41) is 1.99. The number of thiazole rings is 1. The molecule has 3 nitrogen and oxygen atoms in total. The molecule has 0 saturated carbocycles. The second-order valence-corrected chi connectivity index (χ2v) is 6.87. The summed E-state index contributed by atoms with van der Waals surface area (Å²) in [5.41, 5.74) is 2.94. The molecule has 3 aromatic carbocycles. The van der Waals surface area contributed by atoms with Crippen LogP contribution in [0, 0.1) is 6.92 Å². The largest absolute Gasteiger partial charge is 0.319 e. The lowest BCUT2D eigenvalue weighted by Crippen LogP contribution is -2.13. The van der Waals surface area contributed by atoms with E-state index in [-0.39, 0.29) is 5.91 Å². The summed E-state index contributed by atoms with van der Waals surface area (Å²) in [6, 6.07) is 19.9. The van der Waals surface area contributed by atoms with Gasteiger partial charge in [-0.25, -0.2) is 0 Å². The highest BCUT2D eigenvalue weighted by molar-refractivity contribution is 7.16. The van der Waals surface area contributed by atoms with Crippen molar-refractivity contribution >= 4 is 38.2 Å². The van der Waals surface area contributed by atoms with Crippen molar-refractivity contribution in [2.24, 2.45) is 12.0 Å². The molecule has 0 spiro atoms. The van der Waals surface area contributed by atoms with Gasteiger partial charge in [-0.2, -0.15) is 4.99 Å². The Kier molecular flexibility index (Phi) is 3.54. The summed E-state index contributed by atoms with van der Waals surface area (Å²) >= 11 is 1.54. The summed E-state index contributed by atoms with van der Waals surface area (Å²) in [6.07, 6.45) is 0. The minimum absolute atomic E-state index is 0.203. The second-order valence-electron chi connectivity index (χ2n) is 5.86. The topological polar surface area (TPSA) is 34.4 Å². The minimum Gasteiger partial charge on any atom is -0.319 e. The monoisotopic (exact) mass is 332 g/mol. The van der Waals surface area contributed by atoms with Crippen molar-refractivity contribution in [2.45, 2.75) is 6.92 Å². The number of carbonyl (C=O) groups excluding carboxylic acids is 1. The maximum Gasteiger partial charge on any atom is 0.280 e. The van der Waals surface area contributed by atoms with Gasteiger partial charge in [-0.3, -0.25) is 4.79 Å². The summed E-state index contributed by atoms with van der Waals surface area (Å²) in [7, 11) is 1.95. The lowest BCUT2D eigenvalue weighted by Gasteiger charge is -2.02. The maximum absolute atomic E-state index is 12.8. The van der Waals surface area contributed by atoms with Crippen molar-refractivity contribution in [3.63, 3.8) is 0 Å². The number of aromatic nitrogens is 1. The first-order valence-corrected chi connectivity index (χ1v) is 8.58.